The van der Waals surface area contributed by atoms with Crippen LogP contribution in [0, 0.1) is 13.8 Å². The SMILES string of the molecule is COc1ccc(Cl)cc1NC(=O)CSc1nnc2cc(C)c3cccc(C)c3n12. The molecule has 148 valence electrons. The summed E-state index contributed by atoms with van der Waals surface area (Å²) in [6.07, 6.45) is 0. The molecule has 0 unspecified atom stereocenters. The van der Waals surface area contributed by atoms with Gasteiger partial charge in [-0.05, 0) is 49.2 Å². The summed E-state index contributed by atoms with van der Waals surface area (Å²) >= 11 is 7.36. The lowest BCUT2D eigenvalue weighted by atomic mass is 10.1. The summed E-state index contributed by atoms with van der Waals surface area (Å²) in [5.41, 5.74) is 4.64. The van der Waals surface area contributed by atoms with Crippen LogP contribution >= 0.6 is 23.4 Å². The van der Waals surface area contributed by atoms with E-state index in [1.54, 1.807) is 25.3 Å². The van der Waals surface area contributed by atoms with Crippen molar-refractivity contribution in [1.82, 2.24) is 14.6 Å². The smallest absolute Gasteiger partial charge is 0.234 e. The second kappa shape index (κ2) is 7.93. The molecule has 0 radical (unpaired) electrons. The fraction of sp³-hybridized carbons (Fsp3) is 0.190. The van der Waals surface area contributed by atoms with E-state index in [1.807, 2.05) is 16.5 Å². The summed E-state index contributed by atoms with van der Waals surface area (Å²) < 4.78 is 7.28. The van der Waals surface area contributed by atoms with E-state index in [4.69, 9.17) is 16.3 Å². The molecule has 2 aromatic heterocycles. The van der Waals surface area contributed by atoms with Crippen molar-refractivity contribution in [3.05, 3.63) is 58.6 Å². The first kappa shape index (κ1) is 19.5. The number of nitrogens with one attached hydrogen (secondary N) is 1. The number of para-hydroxylation sites is 1. The lowest BCUT2D eigenvalue weighted by Crippen LogP contribution is -2.15. The van der Waals surface area contributed by atoms with Crippen LogP contribution < -0.4 is 10.1 Å². The molecule has 0 bridgehead atoms. The number of thioether (sulfide) groups is 1. The van der Waals surface area contributed by atoms with Gasteiger partial charge in [0.25, 0.3) is 0 Å². The third kappa shape index (κ3) is 3.75. The number of aryl methyl sites for hydroxylation is 2. The summed E-state index contributed by atoms with van der Waals surface area (Å²) in [4.78, 5) is 12.5. The maximum absolute atomic E-state index is 12.5. The van der Waals surface area contributed by atoms with Gasteiger partial charge in [-0.25, -0.2) is 0 Å². The van der Waals surface area contributed by atoms with Crippen LogP contribution in [0.4, 0.5) is 5.69 Å². The number of amides is 1. The quantitative estimate of drug-likeness (QED) is 0.460. The second-order valence-electron chi connectivity index (χ2n) is 6.66. The number of anilines is 1. The molecule has 1 amide bonds. The summed E-state index contributed by atoms with van der Waals surface area (Å²) in [5, 5.41) is 13.8. The van der Waals surface area contributed by atoms with Crippen LogP contribution in [-0.2, 0) is 4.79 Å². The Kier molecular flexibility index (Phi) is 5.34. The molecule has 4 aromatic rings. The van der Waals surface area contributed by atoms with Crippen LogP contribution in [-0.4, -0.2) is 33.4 Å². The number of methoxy groups -OCH3 is 1. The number of rotatable bonds is 5. The number of ether oxygens (including phenoxy) is 1. The second-order valence-corrected chi connectivity index (χ2v) is 8.04. The van der Waals surface area contributed by atoms with Crippen molar-refractivity contribution < 1.29 is 9.53 Å². The van der Waals surface area contributed by atoms with Gasteiger partial charge in [-0.2, -0.15) is 0 Å². The minimum Gasteiger partial charge on any atom is -0.495 e. The molecule has 0 atom stereocenters. The molecule has 0 fully saturated rings. The zero-order chi connectivity index (χ0) is 20.5. The first-order valence-corrected chi connectivity index (χ1v) is 10.3. The van der Waals surface area contributed by atoms with Gasteiger partial charge in [0.2, 0.25) is 5.91 Å². The average Bonchev–Trinajstić information content (AvgIpc) is 3.09. The third-order valence-electron chi connectivity index (χ3n) is 4.66. The molecule has 0 saturated carbocycles. The van der Waals surface area contributed by atoms with Crippen LogP contribution in [0.3, 0.4) is 0 Å². The predicted molar refractivity (Wildman–Crippen MR) is 117 cm³/mol. The topological polar surface area (TPSA) is 68.5 Å². The molecule has 8 heteroatoms. The van der Waals surface area contributed by atoms with Crippen molar-refractivity contribution in [2.75, 3.05) is 18.2 Å². The van der Waals surface area contributed by atoms with Crippen molar-refractivity contribution >= 4 is 51.5 Å². The zero-order valence-corrected chi connectivity index (χ0v) is 17.8. The van der Waals surface area contributed by atoms with Crippen LogP contribution in [0.15, 0.2) is 47.6 Å². The van der Waals surface area contributed by atoms with E-state index < -0.39 is 0 Å². The summed E-state index contributed by atoms with van der Waals surface area (Å²) in [6, 6.07) is 13.3. The fourth-order valence-corrected chi connectivity index (χ4v) is 4.24. The van der Waals surface area contributed by atoms with Gasteiger partial charge in [0.1, 0.15) is 5.75 Å². The van der Waals surface area contributed by atoms with E-state index in [1.165, 1.54) is 11.8 Å². The highest BCUT2D eigenvalue weighted by atomic mass is 35.5. The van der Waals surface area contributed by atoms with E-state index in [9.17, 15) is 4.79 Å². The monoisotopic (exact) mass is 426 g/mol. The Morgan fingerprint density at radius 3 is 2.79 bits per heavy atom. The number of hydrogen-bond donors (Lipinski definition) is 1. The molecule has 6 nitrogen and oxygen atoms in total. The number of benzene rings is 2. The average molecular weight is 427 g/mol. The van der Waals surface area contributed by atoms with E-state index in [0.29, 0.717) is 21.6 Å². The number of carbonyl (C=O) groups excluding carboxylic acids is 1. The molecule has 0 aliphatic rings. The molecule has 0 aliphatic heterocycles. The van der Waals surface area contributed by atoms with Crippen molar-refractivity contribution in [2.24, 2.45) is 0 Å². The Hall–Kier alpha value is -2.77. The van der Waals surface area contributed by atoms with E-state index in [2.05, 4.69) is 41.5 Å². The molecule has 1 N–H and O–H groups in total. The first-order chi connectivity index (χ1) is 14.0. The zero-order valence-electron chi connectivity index (χ0n) is 16.2. The molecule has 2 aromatic carbocycles. The molecule has 0 spiro atoms. The largest absolute Gasteiger partial charge is 0.495 e. The van der Waals surface area contributed by atoms with Gasteiger partial charge >= 0.3 is 0 Å². The van der Waals surface area contributed by atoms with Crippen molar-refractivity contribution in [2.45, 2.75) is 19.0 Å². The molecule has 0 saturated heterocycles. The predicted octanol–water partition coefficient (Wildman–Crippen LogP) is 4.89. The number of halogens is 1. The van der Waals surface area contributed by atoms with E-state index in [0.717, 1.165) is 27.7 Å². The number of fused-ring (bicyclic) bond motifs is 3. The number of aromatic nitrogens is 3. The third-order valence-corrected chi connectivity index (χ3v) is 5.82. The number of carbonyl (C=O) groups is 1. The highest BCUT2D eigenvalue weighted by Crippen LogP contribution is 2.30. The minimum absolute atomic E-state index is 0.178. The van der Waals surface area contributed by atoms with Gasteiger partial charge in [0.15, 0.2) is 10.8 Å². The summed E-state index contributed by atoms with van der Waals surface area (Å²) in [7, 11) is 1.55. The molecule has 29 heavy (non-hydrogen) atoms. The van der Waals surface area contributed by atoms with Crippen LogP contribution in [0.25, 0.3) is 16.6 Å². The van der Waals surface area contributed by atoms with Gasteiger partial charge in [-0.3, -0.25) is 9.20 Å². The van der Waals surface area contributed by atoms with E-state index in [-0.39, 0.29) is 11.7 Å². The fourth-order valence-electron chi connectivity index (χ4n) is 3.32. The highest BCUT2D eigenvalue weighted by molar-refractivity contribution is 7.99. The molecule has 4 rings (SSSR count). The number of hydrogen-bond acceptors (Lipinski definition) is 5. The Morgan fingerprint density at radius 2 is 2.00 bits per heavy atom. The van der Waals surface area contributed by atoms with Crippen molar-refractivity contribution in [3.63, 3.8) is 0 Å². The Bertz CT molecular complexity index is 1240. The maximum atomic E-state index is 12.5. The first-order valence-electron chi connectivity index (χ1n) is 8.98. The highest BCUT2D eigenvalue weighted by Gasteiger charge is 2.15. The minimum atomic E-state index is -0.180. The standard InChI is InChI=1S/C21H19ClN4O2S/c1-12-5-4-6-15-13(2)9-18-24-25-21(26(18)20(12)15)29-11-19(27)23-16-10-14(22)7-8-17(16)28-3/h4-10H,11H2,1-3H3,(H,23,27). The summed E-state index contributed by atoms with van der Waals surface area (Å²) in [5.74, 6) is 0.552. The van der Waals surface area contributed by atoms with E-state index >= 15 is 0 Å². The Labute approximate surface area is 177 Å². The Balaban J connectivity index is 1.61. The van der Waals surface area contributed by atoms with Crippen LogP contribution in [0.2, 0.25) is 5.02 Å². The normalized spacial score (nSPS) is 11.2. The van der Waals surface area contributed by atoms with Gasteiger partial charge in [0, 0.05) is 10.4 Å². The summed E-state index contributed by atoms with van der Waals surface area (Å²) in [6.45, 7) is 4.13. The lowest BCUT2D eigenvalue weighted by molar-refractivity contribution is -0.113. The van der Waals surface area contributed by atoms with Crippen molar-refractivity contribution in [1.29, 1.82) is 0 Å². The maximum Gasteiger partial charge on any atom is 0.234 e. The van der Waals surface area contributed by atoms with Gasteiger partial charge in [0.05, 0.1) is 24.1 Å². The Morgan fingerprint density at radius 1 is 1.17 bits per heavy atom. The molecule has 0 aliphatic carbocycles. The molecular formula is C21H19ClN4O2S. The number of pyridine rings is 1. The molecule has 2 heterocycles. The van der Waals surface area contributed by atoms with Gasteiger partial charge < -0.3 is 10.1 Å². The molecular weight excluding hydrogens is 408 g/mol. The number of nitrogens with zero attached hydrogens (tertiary/aromatic N) is 3. The van der Waals surface area contributed by atoms with Crippen molar-refractivity contribution in [3.8, 4) is 5.75 Å². The van der Waals surface area contributed by atoms with Gasteiger partial charge in [-0.15, -0.1) is 10.2 Å². The van der Waals surface area contributed by atoms with Gasteiger partial charge in [-0.1, -0.05) is 41.6 Å². The van der Waals surface area contributed by atoms with Crippen LogP contribution in [0.1, 0.15) is 11.1 Å². The lowest BCUT2D eigenvalue weighted by Gasteiger charge is -2.11. The van der Waals surface area contributed by atoms with Crippen LogP contribution in [0.5, 0.6) is 5.75 Å².